The second kappa shape index (κ2) is 10.0. The van der Waals surface area contributed by atoms with Crippen LogP contribution in [0, 0.1) is 0 Å². The van der Waals surface area contributed by atoms with Crippen LogP contribution < -0.4 is 9.47 Å². The predicted molar refractivity (Wildman–Crippen MR) is 120 cm³/mol. The van der Waals surface area contributed by atoms with E-state index in [1.165, 1.54) is 0 Å². The van der Waals surface area contributed by atoms with E-state index < -0.39 is 6.10 Å². The summed E-state index contributed by atoms with van der Waals surface area (Å²) in [6.45, 7) is 2.91. The predicted octanol–water partition coefficient (Wildman–Crippen LogP) is 6.17. The van der Waals surface area contributed by atoms with Crippen LogP contribution in [0.15, 0.2) is 60.7 Å². The summed E-state index contributed by atoms with van der Waals surface area (Å²) in [6, 6.07) is 18.8. The van der Waals surface area contributed by atoms with Crippen molar-refractivity contribution < 1.29 is 23.7 Å². The van der Waals surface area contributed by atoms with Crippen LogP contribution >= 0.6 is 11.6 Å². The third kappa shape index (κ3) is 5.69. The van der Waals surface area contributed by atoms with Gasteiger partial charge in [-0.2, -0.15) is 0 Å². The van der Waals surface area contributed by atoms with E-state index in [0.717, 1.165) is 36.0 Å². The molecule has 0 bridgehead atoms. The Morgan fingerprint density at radius 3 is 2.48 bits per heavy atom. The fraction of sp³-hybridized carbons (Fsp3) is 0.320. The lowest BCUT2D eigenvalue weighted by atomic mass is 10.1. The second-order valence-corrected chi connectivity index (χ2v) is 7.94. The van der Waals surface area contributed by atoms with Crippen LogP contribution in [0.2, 0.25) is 5.02 Å². The largest absolute Gasteiger partial charge is 0.479 e. The maximum Gasteiger partial charge on any atom is 0.347 e. The third-order valence-electron chi connectivity index (χ3n) is 5.18. The highest BCUT2D eigenvalue weighted by Gasteiger charge is 2.23. The molecule has 162 valence electrons. The minimum atomic E-state index is -0.652. The number of carbonyl (C=O) groups excluding carboxylic acids is 1. The van der Waals surface area contributed by atoms with Crippen LogP contribution in [0.4, 0.5) is 0 Å². The number of hydrogen-bond acceptors (Lipinski definition) is 5. The minimum absolute atomic E-state index is 0.00461. The Labute approximate surface area is 186 Å². The molecular weight excluding hydrogens is 416 g/mol. The molecule has 5 nitrogen and oxygen atoms in total. The molecular formula is C25H25ClO5. The van der Waals surface area contributed by atoms with E-state index in [1.54, 1.807) is 12.1 Å². The van der Waals surface area contributed by atoms with E-state index >= 15 is 0 Å². The monoisotopic (exact) mass is 440 g/mol. The number of halogens is 1. The lowest BCUT2D eigenvalue weighted by molar-refractivity contribution is -0.155. The van der Waals surface area contributed by atoms with Crippen molar-refractivity contribution in [2.45, 2.75) is 38.4 Å². The molecule has 0 aromatic heterocycles. The molecule has 0 spiro atoms. The quantitative estimate of drug-likeness (QED) is 0.392. The molecule has 1 saturated heterocycles. The maximum absolute atomic E-state index is 12.3. The maximum atomic E-state index is 12.3. The Kier molecular flexibility index (Phi) is 6.95. The van der Waals surface area contributed by atoms with Gasteiger partial charge >= 0.3 is 5.97 Å². The van der Waals surface area contributed by atoms with Crippen molar-refractivity contribution in [3.8, 4) is 17.2 Å². The molecule has 1 heterocycles. The highest BCUT2D eigenvalue weighted by Crippen LogP contribution is 2.28. The zero-order chi connectivity index (χ0) is 21.6. The van der Waals surface area contributed by atoms with Gasteiger partial charge in [-0.25, -0.2) is 4.79 Å². The molecule has 0 saturated carbocycles. The van der Waals surface area contributed by atoms with E-state index in [9.17, 15) is 4.79 Å². The summed E-state index contributed by atoms with van der Waals surface area (Å²) in [5, 5.41) is 2.81. The molecule has 1 aliphatic heterocycles. The number of benzene rings is 3. The SMILES string of the molecule is CCC(Oc1ccc(Oc2ccc3cc(Cl)ccc3c2)cc1)C(=O)OCC1CCCO1. The summed E-state index contributed by atoms with van der Waals surface area (Å²) in [5.74, 6) is 1.62. The van der Waals surface area contributed by atoms with Gasteiger partial charge in [0.05, 0.1) is 6.10 Å². The summed E-state index contributed by atoms with van der Waals surface area (Å²) in [6.07, 6.45) is 1.81. The molecule has 31 heavy (non-hydrogen) atoms. The molecule has 3 aromatic carbocycles. The van der Waals surface area contributed by atoms with Crippen LogP contribution in [0.3, 0.4) is 0 Å². The normalized spacial score (nSPS) is 16.8. The fourth-order valence-corrected chi connectivity index (χ4v) is 3.67. The van der Waals surface area contributed by atoms with Gasteiger partial charge in [-0.3, -0.25) is 0 Å². The molecule has 0 aliphatic carbocycles. The van der Waals surface area contributed by atoms with Crippen LogP contribution in [-0.2, 0) is 14.3 Å². The van der Waals surface area contributed by atoms with Crippen molar-refractivity contribution in [3.63, 3.8) is 0 Å². The number of esters is 1. The van der Waals surface area contributed by atoms with Crippen LogP contribution in [0.5, 0.6) is 17.2 Å². The lowest BCUT2D eigenvalue weighted by Gasteiger charge is -2.18. The van der Waals surface area contributed by atoms with Gasteiger partial charge in [0.15, 0.2) is 6.10 Å². The van der Waals surface area contributed by atoms with Crippen molar-refractivity contribution in [2.24, 2.45) is 0 Å². The van der Waals surface area contributed by atoms with Crippen LogP contribution in [0.25, 0.3) is 10.8 Å². The third-order valence-corrected chi connectivity index (χ3v) is 5.42. The number of hydrogen-bond donors (Lipinski definition) is 0. The summed E-state index contributed by atoms with van der Waals surface area (Å²) >= 11 is 6.04. The minimum Gasteiger partial charge on any atom is -0.479 e. The van der Waals surface area contributed by atoms with Gasteiger partial charge in [0, 0.05) is 11.6 Å². The standard InChI is InChI=1S/C25H25ClO5/c1-2-24(25(27)29-16-23-4-3-13-28-23)31-21-11-9-20(10-12-21)30-22-8-6-17-14-19(26)7-5-18(17)15-22/h5-12,14-15,23-24H,2-4,13,16H2,1H3. The van der Waals surface area contributed by atoms with Crippen molar-refractivity contribution in [3.05, 3.63) is 65.7 Å². The van der Waals surface area contributed by atoms with Gasteiger partial charge in [0.1, 0.15) is 23.9 Å². The lowest BCUT2D eigenvalue weighted by Crippen LogP contribution is -2.31. The molecule has 0 N–H and O–H groups in total. The summed E-state index contributed by atoms with van der Waals surface area (Å²) in [5.41, 5.74) is 0. The van der Waals surface area contributed by atoms with Gasteiger partial charge in [0.2, 0.25) is 0 Å². The fourth-order valence-electron chi connectivity index (χ4n) is 3.49. The zero-order valence-electron chi connectivity index (χ0n) is 17.4. The zero-order valence-corrected chi connectivity index (χ0v) is 18.1. The summed E-state index contributed by atoms with van der Waals surface area (Å²) < 4.78 is 22.6. The van der Waals surface area contributed by atoms with Gasteiger partial charge < -0.3 is 18.9 Å². The first-order valence-electron chi connectivity index (χ1n) is 10.5. The molecule has 3 aromatic rings. The Balaban J connectivity index is 1.34. The van der Waals surface area contributed by atoms with E-state index in [2.05, 4.69) is 0 Å². The molecule has 0 radical (unpaired) electrons. The van der Waals surface area contributed by atoms with Crippen molar-refractivity contribution >= 4 is 28.3 Å². The van der Waals surface area contributed by atoms with E-state index in [4.69, 9.17) is 30.5 Å². The molecule has 2 unspecified atom stereocenters. The molecule has 0 amide bonds. The van der Waals surface area contributed by atoms with Crippen LogP contribution in [-0.4, -0.2) is 31.4 Å². The van der Waals surface area contributed by atoms with E-state index in [1.807, 2.05) is 55.5 Å². The Hall–Kier alpha value is -2.76. The molecule has 1 fully saturated rings. The first-order valence-corrected chi connectivity index (χ1v) is 10.9. The van der Waals surface area contributed by atoms with Gasteiger partial charge in [-0.1, -0.05) is 30.7 Å². The Morgan fingerprint density at radius 2 is 1.74 bits per heavy atom. The van der Waals surface area contributed by atoms with Gasteiger partial charge in [-0.05, 0) is 78.6 Å². The average Bonchev–Trinajstić information content (AvgIpc) is 3.31. The first-order chi connectivity index (χ1) is 15.1. The van der Waals surface area contributed by atoms with Crippen LogP contribution in [0.1, 0.15) is 26.2 Å². The number of fused-ring (bicyclic) bond motifs is 1. The number of carbonyl (C=O) groups is 1. The van der Waals surface area contributed by atoms with Crippen molar-refractivity contribution in [1.82, 2.24) is 0 Å². The van der Waals surface area contributed by atoms with Crippen molar-refractivity contribution in [1.29, 1.82) is 0 Å². The molecule has 6 heteroatoms. The smallest absolute Gasteiger partial charge is 0.347 e. The second-order valence-electron chi connectivity index (χ2n) is 7.51. The summed E-state index contributed by atoms with van der Waals surface area (Å²) in [4.78, 5) is 12.3. The highest BCUT2D eigenvalue weighted by atomic mass is 35.5. The Bertz CT molecular complexity index is 1030. The first kappa shape index (κ1) is 21.5. The molecule has 4 rings (SSSR count). The molecule has 2 atom stereocenters. The average molecular weight is 441 g/mol. The summed E-state index contributed by atoms with van der Waals surface area (Å²) in [7, 11) is 0. The highest BCUT2D eigenvalue weighted by molar-refractivity contribution is 6.31. The van der Waals surface area contributed by atoms with Crippen molar-refractivity contribution in [2.75, 3.05) is 13.2 Å². The van der Waals surface area contributed by atoms with Gasteiger partial charge in [0.25, 0.3) is 0 Å². The van der Waals surface area contributed by atoms with E-state index in [0.29, 0.717) is 22.9 Å². The molecule has 1 aliphatic rings. The van der Waals surface area contributed by atoms with Gasteiger partial charge in [-0.15, -0.1) is 0 Å². The number of ether oxygens (including phenoxy) is 4. The topological polar surface area (TPSA) is 54.0 Å². The Morgan fingerprint density at radius 1 is 1.03 bits per heavy atom. The number of rotatable bonds is 8. The van der Waals surface area contributed by atoms with E-state index in [-0.39, 0.29) is 18.7 Å².